The standard InChI is InChI=1S/C16H17ClN6O4/c1-3-11(24)21-12-7-18-14(27-12)15(25)23-5-4-9(8-23)20-16-19-6-10(17)13(22-16)26-2/h3,6-7,9H,1,4-5,8H2,2H3,(H,21,24)(H,19,20,22)/t9-/m1/s1. The third-order valence-corrected chi connectivity index (χ3v) is 4.09. The normalized spacial score (nSPS) is 16.1. The van der Waals surface area contributed by atoms with Crippen molar-refractivity contribution in [2.75, 3.05) is 30.8 Å². The van der Waals surface area contributed by atoms with Crippen LogP contribution >= 0.6 is 11.6 Å². The van der Waals surface area contributed by atoms with E-state index in [-0.39, 0.29) is 29.6 Å². The second kappa shape index (κ2) is 8.04. The third kappa shape index (κ3) is 4.34. The number of hydrogen-bond acceptors (Lipinski definition) is 8. The lowest BCUT2D eigenvalue weighted by Crippen LogP contribution is -2.32. The van der Waals surface area contributed by atoms with Crippen LogP contribution in [0.1, 0.15) is 17.1 Å². The summed E-state index contributed by atoms with van der Waals surface area (Å²) in [5, 5.41) is 5.86. The lowest BCUT2D eigenvalue weighted by atomic mass is 10.3. The number of hydrogen-bond donors (Lipinski definition) is 2. The maximum Gasteiger partial charge on any atom is 0.309 e. The highest BCUT2D eigenvalue weighted by Gasteiger charge is 2.30. The molecule has 0 bridgehead atoms. The van der Waals surface area contributed by atoms with E-state index in [2.05, 4.69) is 32.2 Å². The van der Waals surface area contributed by atoms with Gasteiger partial charge in [-0.3, -0.25) is 14.9 Å². The minimum atomic E-state index is -0.450. The summed E-state index contributed by atoms with van der Waals surface area (Å²) in [5.74, 6) is -0.199. The summed E-state index contributed by atoms with van der Waals surface area (Å²) in [6, 6.07) is -0.0465. The summed E-state index contributed by atoms with van der Waals surface area (Å²) >= 11 is 5.91. The van der Waals surface area contributed by atoms with Crippen molar-refractivity contribution < 1.29 is 18.7 Å². The fraction of sp³-hybridized carbons (Fsp3) is 0.312. The zero-order valence-electron chi connectivity index (χ0n) is 14.4. The summed E-state index contributed by atoms with van der Waals surface area (Å²) in [5.41, 5.74) is 0. The first kappa shape index (κ1) is 18.6. The van der Waals surface area contributed by atoms with Gasteiger partial charge in [-0.1, -0.05) is 18.2 Å². The molecule has 142 valence electrons. The second-order valence-corrected chi connectivity index (χ2v) is 6.06. The smallest absolute Gasteiger partial charge is 0.309 e. The van der Waals surface area contributed by atoms with Crippen molar-refractivity contribution in [3.05, 3.63) is 36.0 Å². The molecule has 2 aromatic heterocycles. The molecule has 0 spiro atoms. The van der Waals surface area contributed by atoms with Gasteiger partial charge in [0.1, 0.15) is 5.02 Å². The molecule has 10 nitrogen and oxygen atoms in total. The molecular weight excluding hydrogens is 376 g/mol. The lowest BCUT2D eigenvalue weighted by molar-refractivity contribution is -0.112. The van der Waals surface area contributed by atoms with Crippen LogP contribution in [0.3, 0.4) is 0 Å². The SMILES string of the molecule is C=CC(=O)Nc1cnc(C(=O)N2CC[C@@H](Nc3ncc(Cl)c(OC)n3)C2)o1. The van der Waals surface area contributed by atoms with Crippen molar-refractivity contribution in [2.24, 2.45) is 0 Å². The molecule has 0 radical (unpaired) electrons. The highest BCUT2D eigenvalue weighted by atomic mass is 35.5. The number of nitrogens with zero attached hydrogens (tertiary/aromatic N) is 4. The molecule has 0 saturated carbocycles. The van der Waals surface area contributed by atoms with E-state index in [1.54, 1.807) is 4.90 Å². The molecule has 2 aromatic rings. The van der Waals surface area contributed by atoms with E-state index in [0.717, 1.165) is 6.08 Å². The predicted octanol–water partition coefficient (Wildman–Crippen LogP) is 1.58. The summed E-state index contributed by atoms with van der Waals surface area (Å²) < 4.78 is 10.3. The third-order valence-electron chi connectivity index (χ3n) is 3.83. The van der Waals surface area contributed by atoms with Gasteiger partial charge in [0, 0.05) is 19.1 Å². The molecule has 0 aliphatic carbocycles. The first-order valence-electron chi connectivity index (χ1n) is 8.01. The molecule has 3 heterocycles. The number of halogens is 1. The topological polar surface area (TPSA) is 122 Å². The molecule has 1 fully saturated rings. The molecule has 1 atom stereocenters. The molecule has 1 aliphatic rings. The molecule has 3 rings (SSSR count). The summed E-state index contributed by atoms with van der Waals surface area (Å²) in [6.07, 6.45) is 4.50. The number of nitrogens with one attached hydrogen (secondary N) is 2. The monoisotopic (exact) mass is 392 g/mol. The van der Waals surface area contributed by atoms with E-state index in [9.17, 15) is 9.59 Å². The van der Waals surface area contributed by atoms with Crippen molar-refractivity contribution >= 4 is 35.2 Å². The van der Waals surface area contributed by atoms with E-state index in [4.69, 9.17) is 20.8 Å². The average molecular weight is 393 g/mol. The highest BCUT2D eigenvalue weighted by molar-refractivity contribution is 6.31. The van der Waals surface area contributed by atoms with E-state index < -0.39 is 5.91 Å². The minimum Gasteiger partial charge on any atom is -0.480 e. The first-order valence-corrected chi connectivity index (χ1v) is 8.39. The summed E-state index contributed by atoms with van der Waals surface area (Å²) in [7, 11) is 1.47. The molecule has 1 aliphatic heterocycles. The number of methoxy groups -OCH3 is 1. The zero-order valence-corrected chi connectivity index (χ0v) is 15.2. The predicted molar refractivity (Wildman–Crippen MR) is 96.9 cm³/mol. The fourth-order valence-corrected chi connectivity index (χ4v) is 2.72. The van der Waals surface area contributed by atoms with Crippen LogP contribution in [-0.4, -0.2) is 57.9 Å². The highest BCUT2D eigenvalue weighted by Crippen LogP contribution is 2.23. The number of anilines is 2. The first-order chi connectivity index (χ1) is 13.0. The molecule has 0 aromatic carbocycles. The Morgan fingerprint density at radius 3 is 3.00 bits per heavy atom. The Balaban J connectivity index is 1.59. The molecule has 2 amide bonds. The van der Waals surface area contributed by atoms with Crippen molar-refractivity contribution in [3.8, 4) is 5.88 Å². The van der Waals surface area contributed by atoms with Crippen molar-refractivity contribution in [1.29, 1.82) is 0 Å². The minimum absolute atomic E-state index is 0.0465. The van der Waals surface area contributed by atoms with Crippen molar-refractivity contribution in [3.63, 3.8) is 0 Å². The summed E-state index contributed by atoms with van der Waals surface area (Å²) in [6.45, 7) is 4.27. The number of amides is 2. The number of aromatic nitrogens is 3. The van der Waals surface area contributed by atoms with E-state index in [1.165, 1.54) is 19.5 Å². The van der Waals surface area contributed by atoms with Crippen LogP contribution in [0.25, 0.3) is 0 Å². The van der Waals surface area contributed by atoms with Crippen LogP contribution in [0.5, 0.6) is 5.88 Å². The van der Waals surface area contributed by atoms with Gasteiger partial charge in [0.05, 0.1) is 19.5 Å². The van der Waals surface area contributed by atoms with Crippen LogP contribution in [0.2, 0.25) is 5.02 Å². The maximum atomic E-state index is 12.5. The van der Waals surface area contributed by atoms with Crippen LogP contribution in [0.15, 0.2) is 29.5 Å². The quantitative estimate of drug-likeness (QED) is 0.710. The number of rotatable bonds is 6. The van der Waals surface area contributed by atoms with Crippen LogP contribution in [0, 0.1) is 0 Å². The van der Waals surface area contributed by atoms with E-state index in [0.29, 0.717) is 30.5 Å². The van der Waals surface area contributed by atoms with Gasteiger partial charge >= 0.3 is 5.91 Å². The van der Waals surface area contributed by atoms with Gasteiger partial charge in [0.25, 0.3) is 5.89 Å². The molecular formula is C16H17ClN6O4. The van der Waals surface area contributed by atoms with Gasteiger partial charge in [-0.15, -0.1) is 0 Å². The van der Waals surface area contributed by atoms with Crippen LogP contribution < -0.4 is 15.4 Å². The number of oxazole rings is 1. The fourth-order valence-electron chi connectivity index (χ4n) is 2.55. The second-order valence-electron chi connectivity index (χ2n) is 5.65. The molecule has 1 saturated heterocycles. The Morgan fingerprint density at radius 2 is 2.26 bits per heavy atom. The lowest BCUT2D eigenvalue weighted by Gasteiger charge is -2.15. The summed E-state index contributed by atoms with van der Waals surface area (Å²) in [4.78, 5) is 37.5. The number of likely N-dealkylation sites (tertiary alicyclic amines) is 1. The van der Waals surface area contributed by atoms with Gasteiger partial charge in [0.15, 0.2) is 0 Å². The molecule has 2 N–H and O–H groups in total. The van der Waals surface area contributed by atoms with E-state index in [1.807, 2.05) is 0 Å². The van der Waals surface area contributed by atoms with Gasteiger partial charge in [-0.05, 0) is 12.5 Å². The largest absolute Gasteiger partial charge is 0.480 e. The van der Waals surface area contributed by atoms with E-state index >= 15 is 0 Å². The average Bonchev–Trinajstić information content (AvgIpc) is 3.32. The zero-order chi connectivity index (χ0) is 19.4. The Morgan fingerprint density at radius 1 is 1.44 bits per heavy atom. The Hall–Kier alpha value is -3.14. The molecule has 27 heavy (non-hydrogen) atoms. The van der Waals surface area contributed by atoms with Gasteiger partial charge < -0.3 is 19.4 Å². The Kier molecular flexibility index (Phi) is 5.55. The van der Waals surface area contributed by atoms with Gasteiger partial charge in [-0.2, -0.15) is 4.98 Å². The van der Waals surface area contributed by atoms with Crippen molar-refractivity contribution in [1.82, 2.24) is 19.9 Å². The number of ether oxygens (including phenoxy) is 1. The number of carbonyl (C=O) groups excluding carboxylic acids is 2. The van der Waals surface area contributed by atoms with Crippen LogP contribution in [-0.2, 0) is 4.79 Å². The van der Waals surface area contributed by atoms with Crippen molar-refractivity contribution in [2.45, 2.75) is 12.5 Å². The number of carbonyl (C=O) groups is 2. The molecule has 11 heteroatoms. The van der Waals surface area contributed by atoms with Gasteiger partial charge in [0.2, 0.25) is 23.6 Å². The Bertz CT molecular complexity index is 870. The van der Waals surface area contributed by atoms with Gasteiger partial charge in [-0.25, -0.2) is 9.97 Å². The van der Waals surface area contributed by atoms with Crippen LogP contribution in [0.4, 0.5) is 11.8 Å². The Labute approximate surface area is 159 Å². The molecule has 0 unspecified atom stereocenters. The maximum absolute atomic E-state index is 12.5.